The zero-order chi connectivity index (χ0) is 25.8. The number of fused-ring (bicyclic) bond motifs is 6. The Morgan fingerprint density at radius 3 is 1.69 bits per heavy atom. The van der Waals surface area contributed by atoms with Gasteiger partial charge in [0.1, 0.15) is 11.2 Å². The number of furan rings is 1. The highest BCUT2D eigenvalue weighted by Crippen LogP contribution is 2.43. The first kappa shape index (κ1) is 21.8. The second-order valence-electron chi connectivity index (χ2n) is 9.77. The van der Waals surface area contributed by atoms with Crippen molar-refractivity contribution in [3.05, 3.63) is 133 Å². The van der Waals surface area contributed by atoms with Crippen molar-refractivity contribution >= 4 is 43.7 Å². The molecule has 0 saturated heterocycles. The lowest BCUT2D eigenvalue weighted by Crippen LogP contribution is -1.96. The fourth-order valence-electron chi connectivity index (χ4n) is 5.65. The lowest BCUT2D eigenvalue weighted by Gasteiger charge is -2.13. The SMILES string of the molecule is c1ccc(-c2nc3ccccc3nc2-c2cc3c4cccc(-c5ccccc5)c4oc3c3ccccc23)cc1. The van der Waals surface area contributed by atoms with E-state index in [1.165, 1.54) is 0 Å². The second-order valence-corrected chi connectivity index (χ2v) is 9.77. The summed E-state index contributed by atoms with van der Waals surface area (Å²) in [6.45, 7) is 0. The molecule has 0 amide bonds. The Hall–Kier alpha value is -5.28. The zero-order valence-corrected chi connectivity index (χ0v) is 21.0. The van der Waals surface area contributed by atoms with E-state index in [-0.39, 0.29) is 0 Å². The van der Waals surface area contributed by atoms with E-state index in [1.54, 1.807) is 0 Å². The molecule has 39 heavy (non-hydrogen) atoms. The van der Waals surface area contributed by atoms with Crippen LogP contribution < -0.4 is 0 Å². The van der Waals surface area contributed by atoms with Gasteiger partial charge in [0.25, 0.3) is 0 Å². The number of benzene rings is 6. The summed E-state index contributed by atoms with van der Waals surface area (Å²) in [5, 5.41) is 4.32. The van der Waals surface area contributed by atoms with Crippen LogP contribution in [-0.2, 0) is 0 Å². The molecule has 0 unspecified atom stereocenters. The summed E-state index contributed by atoms with van der Waals surface area (Å²) >= 11 is 0. The van der Waals surface area contributed by atoms with Crippen molar-refractivity contribution in [1.82, 2.24) is 9.97 Å². The largest absolute Gasteiger partial charge is 0.455 e. The average Bonchev–Trinajstić information content (AvgIpc) is 3.40. The van der Waals surface area contributed by atoms with Crippen LogP contribution in [0.15, 0.2) is 138 Å². The number of aromatic nitrogens is 2. The minimum atomic E-state index is 0.867. The minimum absolute atomic E-state index is 0.867. The number of para-hydroxylation sites is 3. The van der Waals surface area contributed by atoms with Gasteiger partial charge in [0, 0.05) is 32.8 Å². The summed E-state index contributed by atoms with van der Waals surface area (Å²) in [6, 6.07) is 45.9. The van der Waals surface area contributed by atoms with E-state index >= 15 is 0 Å². The summed E-state index contributed by atoms with van der Waals surface area (Å²) in [6.07, 6.45) is 0. The van der Waals surface area contributed by atoms with Gasteiger partial charge >= 0.3 is 0 Å². The highest BCUT2D eigenvalue weighted by Gasteiger charge is 2.20. The summed E-state index contributed by atoms with van der Waals surface area (Å²) in [5.41, 5.74) is 9.59. The Morgan fingerprint density at radius 1 is 0.385 bits per heavy atom. The molecule has 0 saturated carbocycles. The highest BCUT2D eigenvalue weighted by molar-refractivity contribution is 6.21. The topological polar surface area (TPSA) is 38.9 Å². The fraction of sp³-hybridized carbons (Fsp3) is 0. The summed E-state index contributed by atoms with van der Waals surface area (Å²) in [7, 11) is 0. The Labute approximate surface area is 225 Å². The molecule has 2 heterocycles. The van der Waals surface area contributed by atoms with Crippen LogP contribution >= 0.6 is 0 Å². The summed E-state index contributed by atoms with van der Waals surface area (Å²) in [4.78, 5) is 10.3. The van der Waals surface area contributed by atoms with Gasteiger partial charge in [0.05, 0.1) is 22.4 Å². The molecule has 3 nitrogen and oxygen atoms in total. The van der Waals surface area contributed by atoms with Crippen molar-refractivity contribution in [2.45, 2.75) is 0 Å². The van der Waals surface area contributed by atoms with Crippen molar-refractivity contribution < 1.29 is 4.42 Å². The molecule has 0 N–H and O–H groups in total. The third-order valence-corrected chi connectivity index (χ3v) is 7.46. The van der Waals surface area contributed by atoms with Crippen molar-refractivity contribution in [1.29, 1.82) is 0 Å². The maximum Gasteiger partial charge on any atom is 0.143 e. The Bertz CT molecular complexity index is 2160. The molecule has 0 fully saturated rings. The Balaban J connectivity index is 1.50. The first-order chi connectivity index (χ1) is 19.3. The fourth-order valence-corrected chi connectivity index (χ4v) is 5.65. The molecule has 0 spiro atoms. The standard InChI is InChI=1S/C36H22N2O/c1-3-12-23(13-4-1)25-18-11-19-28-30-22-29(26-16-7-8-17-27(26)36(30)39-35(25)28)34-33(24-14-5-2-6-15-24)37-31-20-9-10-21-32(31)38-34/h1-22H. The Kier molecular flexibility index (Phi) is 4.82. The van der Waals surface area contributed by atoms with E-state index in [0.717, 1.165) is 77.4 Å². The predicted molar refractivity (Wildman–Crippen MR) is 161 cm³/mol. The third-order valence-electron chi connectivity index (χ3n) is 7.46. The van der Waals surface area contributed by atoms with Crippen LogP contribution in [-0.4, -0.2) is 9.97 Å². The highest BCUT2D eigenvalue weighted by atomic mass is 16.3. The lowest BCUT2D eigenvalue weighted by atomic mass is 9.95. The van der Waals surface area contributed by atoms with Crippen molar-refractivity contribution in [3.63, 3.8) is 0 Å². The maximum absolute atomic E-state index is 6.69. The molecule has 0 atom stereocenters. The van der Waals surface area contributed by atoms with E-state index in [4.69, 9.17) is 14.4 Å². The monoisotopic (exact) mass is 498 g/mol. The molecule has 0 bridgehead atoms. The van der Waals surface area contributed by atoms with Crippen LogP contribution in [0.25, 0.3) is 77.4 Å². The molecule has 2 aromatic heterocycles. The van der Waals surface area contributed by atoms with Crippen LogP contribution in [0.3, 0.4) is 0 Å². The zero-order valence-electron chi connectivity index (χ0n) is 21.0. The van der Waals surface area contributed by atoms with Gasteiger partial charge in [-0.1, -0.05) is 115 Å². The first-order valence-corrected chi connectivity index (χ1v) is 13.1. The van der Waals surface area contributed by atoms with Gasteiger partial charge in [0.2, 0.25) is 0 Å². The van der Waals surface area contributed by atoms with E-state index in [2.05, 4.69) is 84.9 Å². The first-order valence-electron chi connectivity index (χ1n) is 13.1. The molecular weight excluding hydrogens is 476 g/mol. The molecule has 0 aliphatic heterocycles. The number of hydrogen-bond donors (Lipinski definition) is 0. The number of rotatable bonds is 3. The normalized spacial score (nSPS) is 11.6. The Morgan fingerprint density at radius 2 is 0.949 bits per heavy atom. The van der Waals surface area contributed by atoms with Gasteiger partial charge in [-0.2, -0.15) is 0 Å². The maximum atomic E-state index is 6.69. The van der Waals surface area contributed by atoms with Gasteiger partial charge < -0.3 is 4.42 Å². The van der Waals surface area contributed by atoms with Crippen molar-refractivity contribution in [3.8, 4) is 33.6 Å². The molecule has 0 radical (unpaired) electrons. The molecule has 0 aliphatic carbocycles. The van der Waals surface area contributed by atoms with E-state index in [9.17, 15) is 0 Å². The van der Waals surface area contributed by atoms with Crippen molar-refractivity contribution in [2.24, 2.45) is 0 Å². The smallest absolute Gasteiger partial charge is 0.143 e. The molecule has 8 rings (SSSR count). The number of nitrogens with zero attached hydrogens (tertiary/aromatic N) is 2. The van der Waals surface area contributed by atoms with E-state index < -0.39 is 0 Å². The van der Waals surface area contributed by atoms with Crippen LogP contribution in [0.1, 0.15) is 0 Å². The van der Waals surface area contributed by atoms with Crippen molar-refractivity contribution in [2.75, 3.05) is 0 Å². The van der Waals surface area contributed by atoms with E-state index in [0.29, 0.717) is 0 Å². The molecular formula is C36H22N2O. The van der Waals surface area contributed by atoms with Crippen LogP contribution in [0.5, 0.6) is 0 Å². The van der Waals surface area contributed by atoms with Gasteiger partial charge in [-0.25, -0.2) is 9.97 Å². The molecule has 8 aromatic rings. The van der Waals surface area contributed by atoms with Gasteiger partial charge in [-0.15, -0.1) is 0 Å². The summed E-state index contributed by atoms with van der Waals surface area (Å²) < 4.78 is 6.69. The van der Waals surface area contributed by atoms with Crippen LogP contribution in [0.2, 0.25) is 0 Å². The van der Waals surface area contributed by atoms with E-state index in [1.807, 2.05) is 48.5 Å². The second kappa shape index (κ2) is 8.64. The number of hydrogen-bond acceptors (Lipinski definition) is 3. The van der Waals surface area contributed by atoms with Gasteiger partial charge in [0.15, 0.2) is 0 Å². The molecule has 182 valence electrons. The summed E-state index contributed by atoms with van der Waals surface area (Å²) in [5.74, 6) is 0. The minimum Gasteiger partial charge on any atom is -0.455 e. The molecule has 3 heteroatoms. The molecule has 0 aliphatic rings. The van der Waals surface area contributed by atoms with Gasteiger partial charge in [-0.3, -0.25) is 0 Å². The average molecular weight is 499 g/mol. The molecule has 6 aromatic carbocycles. The predicted octanol–water partition coefficient (Wildman–Crippen LogP) is 9.68. The van der Waals surface area contributed by atoms with Crippen LogP contribution in [0, 0.1) is 0 Å². The third kappa shape index (κ3) is 3.44. The quantitative estimate of drug-likeness (QED) is 0.243. The lowest BCUT2D eigenvalue weighted by molar-refractivity contribution is 0.674. The van der Waals surface area contributed by atoms with Crippen LogP contribution in [0.4, 0.5) is 0 Å². The van der Waals surface area contributed by atoms with Gasteiger partial charge in [-0.05, 0) is 29.1 Å².